The van der Waals surface area contributed by atoms with Crippen molar-refractivity contribution in [1.82, 2.24) is 5.32 Å². The minimum absolute atomic E-state index is 0.382. The maximum atomic E-state index is 6.08. The van der Waals surface area contributed by atoms with Crippen LogP contribution in [0.25, 0.3) is 0 Å². The number of rotatable bonds is 3. The smallest absolute Gasteiger partial charge is 0.122 e. The van der Waals surface area contributed by atoms with Crippen LogP contribution in [0.2, 0.25) is 0 Å². The van der Waals surface area contributed by atoms with Crippen LogP contribution in [-0.2, 0) is 0 Å². The highest BCUT2D eigenvalue weighted by Crippen LogP contribution is 2.25. The van der Waals surface area contributed by atoms with E-state index < -0.39 is 0 Å². The highest BCUT2D eigenvalue weighted by atomic mass is 16.5. The zero-order chi connectivity index (χ0) is 11.4. The highest BCUT2D eigenvalue weighted by Gasteiger charge is 2.22. The molecule has 0 heterocycles. The molecule has 2 atom stereocenters. The summed E-state index contributed by atoms with van der Waals surface area (Å²) >= 11 is 0. The first-order chi connectivity index (χ1) is 7.79. The topological polar surface area (TPSA) is 21.3 Å². The van der Waals surface area contributed by atoms with Crippen LogP contribution in [0, 0.1) is 6.92 Å². The van der Waals surface area contributed by atoms with Crippen molar-refractivity contribution < 1.29 is 4.74 Å². The van der Waals surface area contributed by atoms with Gasteiger partial charge in [-0.3, -0.25) is 0 Å². The number of hydrogen-bond acceptors (Lipinski definition) is 2. The number of benzene rings is 1. The van der Waals surface area contributed by atoms with Crippen molar-refractivity contribution in [3.63, 3.8) is 0 Å². The van der Waals surface area contributed by atoms with Crippen molar-refractivity contribution in [3.05, 3.63) is 29.8 Å². The van der Waals surface area contributed by atoms with E-state index in [1.807, 2.05) is 13.1 Å². The van der Waals surface area contributed by atoms with Gasteiger partial charge >= 0.3 is 0 Å². The van der Waals surface area contributed by atoms with E-state index in [1.54, 1.807) is 0 Å². The van der Waals surface area contributed by atoms with E-state index >= 15 is 0 Å². The Labute approximate surface area is 98.0 Å². The van der Waals surface area contributed by atoms with Gasteiger partial charge in [0.15, 0.2) is 0 Å². The number of para-hydroxylation sites is 1. The average molecular weight is 219 g/mol. The average Bonchev–Trinajstić information content (AvgIpc) is 2.32. The summed E-state index contributed by atoms with van der Waals surface area (Å²) in [5.41, 5.74) is 1.23. The summed E-state index contributed by atoms with van der Waals surface area (Å²) in [6.45, 7) is 2.10. The molecule has 1 N–H and O–H groups in total. The Morgan fingerprint density at radius 1 is 1.25 bits per heavy atom. The van der Waals surface area contributed by atoms with E-state index in [4.69, 9.17) is 4.74 Å². The van der Waals surface area contributed by atoms with Gasteiger partial charge in [0.05, 0.1) is 0 Å². The van der Waals surface area contributed by atoms with Crippen LogP contribution in [0.5, 0.6) is 5.75 Å². The van der Waals surface area contributed by atoms with Crippen LogP contribution >= 0.6 is 0 Å². The van der Waals surface area contributed by atoms with Gasteiger partial charge in [-0.2, -0.15) is 0 Å². The molecule has 1 fully saturated rings. The molecule has 0 amide bonds. The quantitative estimate of drug-likeness (QED) is 0.844. The first-order valence-corrected chi connectivity index (χ1v) is 6.19. The molecule has 2 heteroatoms. The molecule has 1 aromatic carbocycles. The molecule has 0 saturated heterocycles. The number of nitrogens with one attached hydrogen (secondary N) is 1. The second kappa shape index (κ2) is 5.35. The summed E-state index contributed by atoms with van der Waals surface area (Å²) < 4.78 is 6.08. The van der Waals surface area contributed by atoms with Crippen molar-refractivity contribution in [2.75, 3.05) is 7.05 Å². The molecule has 2 nitrogen and oxygen atoms in total. The summed E-state index contributed by atoms with van der Waals surface area (Å²) in [6, 6.07) is 8.90. The molecule has 0 spiro atoms. The van der Waals surface area contributed by atoms with Crippen molar-refractivity contribution >= 4 is 0 Å². The number of aryl methyl sites for hydroxylation is 1. The summed E-state index contributed by atoms with van der Waals surface area (Å²) in [6.07, 6.45) is 5.25. The molecular weight excluding hydrogens is 198 g/mol. The molecule has 1 aliphatic rings. The van der Waals surface area contributed by atoms with Crippen LogP contribution in [0.15, 0.2) is 24.3 Å². The monoisotopic (exact) mass is 219 g/mol. The normalized spacial score (nSPS) is 25.4. The van der Waals surface area contributed by atoms with Crippen LogP contribution in [-0.4, -0.2) is 19.2 Å². The Morgan fingerprint density at radius 2 is 2.06 bits per heavy atom. The second-order valence-electron chi connectivity index (χ2n) is 4.66. The molecule has 2 unspecified atom stereocenters. The predicted molar refractivity (Wildman–Crippen MR) is 66.9 cm³/mol. The minimum Gasteiger partial charge on any atom is -0.490 e. The van der Waals surface area contributed by atoms with Crippen molar-refractivity contribution in [2.45, 2.75) is 44.8 Å². The number of hydrogen-bond donors (Lipinski definition) is 1. The lowest BCUT2D eigenvalue weighted by Gasteiger charge is -2.29. The molecular formula is C14H21NO. The zero-order valence-corrected chi connectivity index (χ0v) is 10.2. The molecule has 88 valence electrons. The van der Waals surface area contributed by atoms with E-state index in [2.05, 4.69) is 30.4 Å². The van der Waals surface area contributed by atoms with E-state index in [9.17, 15) is 0 Å². The predicted octanol–water partition coefficient (Wildman–Crippen LogP) is 2.90. The van der Waals surface area contributed by atoms with Gasteiger partial charge in [-0.25, -0.2) is 0 Å². The van der Waals surface area contributed by atoms with Gasteiger partial charge in [-0.1, -0.05) is 18.2 Å². The highest BCUT2D eigenvalue weighted by molar-refractivity contribution is 5.31. The van der Waals surface area contributed by atoms with E-state index in [-0.39, 0.29) is 0 Å². The second-order valence-corrected chi connectivity index (χ2v) is 4.66. The first kappa shape index (κ1) is 11.5. The fraction of sp³-hybridized carbons (Fsp3) is 0.571. The number of ether oxygens (including phenoxy) is 1. The third-order valence-electron chi connectivity index (χ3n) is 3.42. The van der Waals surface area contributed by atoms with Crippen LogP contribution in [0.3, 0.4) is 0 Å². The third-order valence-corrected chi connectivity index (χ3v) is 3.42. The summed E-state index contributed by atoms with van der Waals surface area (Å²) in [7, 11) is 2.04. The Bertz CT molecular complexity index is 337. The SMILES string of the molecule is CNC1CCCC(Oc2ccccc2C)C1. The van der Waals surface area contributed by atoms with Gasteiger partial charge in [0, 0.05) is 6.04 Å². The lowest BCUT2D eigenvalue weighted by molar-refractivity contribution is 0.136. The molecule has 0 aliphatic heterocycles. The van der Waals surface area contributed by atoms with Gasteiger partial charge in [0.2, 0.25) is 0 Å². The Morgan fingerprint density at radius 3 is 2.81 bits per heavy atom. The van der Waals surface area contributed by atoms with Crippen LogP contribution in [0.1, 0.15) is 31.2 Å². The third kappa shape index (κ3) is 2.76. The summed E-state index contributed by atoms with van der Waals surface area (Å²) in [5.74, 6) is 1.05. The van der Waals surface area contributed by atoms with Gasteiger partial charge < -0.3 is 10.1 Å². The van der Waals surface area contributed by atoms with E-state index in [0.717, 1.165) is 12.2 Å². The maximum Gasteiger partial charge on any atom is 0.122 e. The first-order valence-electron chi connectivity index (χ1n) is 6.19. The van der Waals surface area contributed by atoms with E-state index in [0.29, 0.717) is 12.1 Å². The van der Waals surface area contributed by atoms with Crippen LogP contribution < -0.4 is 10.1 Å². The molecule has 0 aromatic heterocycles. The van der Waals surface area contributed by atoms with Gasteiger partial charge in [0.1, 0.15) is 11.9 Å². The Hall–Kier alpha value is -1.02. The van der Waals surface area contributed by atoms with Crippen molar-refractivity contribution in [1.29, 1.82) is 0 Å². The molecule has 0 radical (unpaired) electrons. The van der Waals surface area contributed by atoms with Gasteiger partial charge in [-0.05, 0) is 51.3 Å². The Kier molecular flexibility index (Phi) is 3.83. The van der Waals surface area contributed by atoms with Crippen LogP contribution in [0.4, 0.5) is 0 Å². The molecule has 0 bridgehead atoms. The fourth-order valence-corrected chi connectivity index (χ4v) is 2.38. The zero-order valence-electron chi connectivity index (χ0n) is 10.2. The van der Waals surface area contributed by atoms with Gasteiger partial charge in [0.25, 0.3) is 0 Å². The Balaban J connectivity index is 1.97. The standard InChI is InChI=1S/C14H21NO/c1-11-6-3-4-9-14(11)16-13-8-5-7-12(10-13)15-2/h3-4,6,9,12-13,15H,5,7-8,10H2,1-2H3. The van der Waals surface area contributed by atoms with E-state index in [1.165, 1.54) is 24.8 Å². The lowest BCUT2D eigenvalue weighted by Crippen LogP contribution is -2.36. The molecule has 1 aliphatic carbocycles. The molecule has 2 rings (SSSR count). The molecule has 1 saturated carbocycles. The lowest BCUT2D eigenvalue weighted by atomic mass is 9.93. The molecule has 1 aromatic rings. The largest absolute Gasteiger partial charge is 0.490 e. The maximum absolute atomic E-state index is 6.08. The summed E-state index contributed by atoms with van der Waals surface area (Å²) in [4.78, 5) is 0. The molecule has 16 heavy (non-hydrogen) atoms. The minimum atomic E-state index is 0.382. The van der Waals surface area contributed by atoms with Crippen molar-refractivity contribution in [2.24, 2.45) is 0 Å². The summed E-state index contributed by atoms with van der Waals surface area (Å²) in [5, 5.41) is 3.35. The van der Waals surface area contributed by atoms with Gasteiger partial charge in [-0.15, -0.1) is 0 Å². The fourth-order valence-electron chi connectivity index (χ4n) is 2.38. The van der Waals surface area contributed by atoms with Crippen molar-refractivity contribution in [3.8, 4) is 5.75 Å².